The summed E-state index contributed by atoms with van der Waals surface area (Å²) in [7, 11) is 0. The van der Waals surface area contributed by atoms with E-state index in [2.05, 4.69) is 29.8 Å². The standard InChI is InChI=1S/C15H22N2S2/c1-12(9-13-5-4-8-18-13)17-14-16-10-15(11-19-14)6-2-3-7-15/h4-5,8,12H,2-3,6-7,9-11H2,1H3,(H,16,17). The number of rotatable bonds is 3. The summed E-state index contributed by atoms with van der Waals surface area (Å²) in [6.07, 6.45) is 6.70. The molecule has 1 N–H and O–H groups in total. The molecule has 1 saturated carbocycles. The molecule has 19 heavy (non-hydrogen) atoms. The minimum absolute atomic E-state index is 0.475. The molecule has 1 aliphatic heterocycles. The molecule has 1 aliphatic carbocycles. The Morgan fingerprint density at radius 1 is 1.42 bits per heavy atom. The van der Waals surface area contributed by atoms with Crippen LogP contribution >= 0.6 is 23.1 Å². The van der Waals surface area contributed by atoms with Crippen LogP contribution in [0.2, 0.25) is 0 Å². The molecule has 2 heterocycles. The summed E-state index contributed by atoms with van der Waals surface area (Å²) in [5.74, 6) is 1.27. The highest BCUT2D eigenvalue weighted by molar-refractivity contribution is 8.13. The summed E-state index contributed by atoms with van der Waals surface area (Å²) in [6, 6.07) is 4.82. The molecule has 1 fully saturated rings. The molecule has 1 atom stereocenters. The van der Waals surface area contributed by atoms with Crippen molar-refractivity contribution in [2.24, 2.45) is 10.4 Å². The van der Waals surface area contributed by atoms with Crippen molar-refractivity contribution in [2.45, 2.75) is 45.1 Å². The van der Waals surface area contributed by atoms with E-state index in [0.29, 0.717) is 11.5 Å². The van der Waals surface area contributed by atoms with Crippen LogP contribution in [0.3, 0.4) is 0 Å². The van der Waals surface area contributed by atoms with Crippen molar-refractivity contribution < 1.29 is 0 Å². The van der Waals surface area contributed by atoms with E-state index in [1.807, 2.05) is 23.1 Å². The van der Waals surface area contributed by atoms with E-state index in [4.69, 9.17) is 4.99 Å². The molecule has 1 unspecified atom stereocenters. The van der Waals surface area contributed by atoms with Crippen molar-refractivity contribution in [3.05, 3.63) is 22.4 Å². The molecule has 0 amide bonds. The van der Waals surface area contributed by atoms with Crippen molar-refractivity contribution in [1.29, 1.82) is 0 Å². The van der Waals surface area contributed by atoms with Gasteiger partial charge in [-0.1, -0.05) is 30.7 Å². The lowest BCUT2D eigenvalue weighted by atomic mass is 9.89. The third-order valence-electron chi connectivity index (χ3n) is 4.19. The van der Waals surface area contributed by atoms with Gasteiger partial charge in [-0.25, -0.2) is 0 Å². The Hall–Kier alpha value is -0.480. The van der Waals surface area contributed by atoms with Gasteiger partial charge in [-0.3, -0.25) is 4.99 Å². The molecule has 2 aliphatic rings. The Balaban J connectivity index is 1.52. The third kappa shape index (κ3) is 3.34. The predicted molar refractivity (Wildman–Crippen MR) is 86.3 cm³/mol. The molecule has 1 aromatic heterocycles. The minimum Gasteiger partial charge on any atom is -0.362 e. The molecule has 0 radical (unpaired) electrons. The normalized spacial score (nSPS) is 23.3. The highest BCUT2D eigenvalue weighted by Gasteiger charge is 2.36. The molecule has 104 valence electrons. The van der Waals surface area contributed by atoms with Gasteiger partial charge < -0.3 is 5.32 Å². The quantitative estimate of drug-likeness (QED) is 0.913. The first-order valence-electron chi connectivity index (χ1n) is 7.22. The van der Waals surface area contributed by atoms with Crippen LogP contribution in [-0.2, 0) is 6.42 Å². The second-order valence-corrected chi connectivity index (χ2v) is 7.94. The average Bonchev–Trinajstić information content (AvgIpc) is 3.05. The van der Waals surface area contributed by atoms with Crippen LogP contribution in [0.5, 0.6) is 0 Å². The number of amidine groups is 1. The minimum atomic E-state index is 0.475. The lowest BCUT2D eigenvalue weighted by molar-refractivity contribution is 0.358. The summed E-state index contributed by atoms with van der Waals surface area (Å²) in [5, 5.41) is 6.90. The van der Waals surface area contributed by atoms with Crippen molar-refractivity contribution in [3.63, 3.8) is 0 Å². The summed E-state index contributed by atoms with van der Waals surface area (Å²) < 4.78 is 0. The number of aliphatic imine (C=N–C) groups is 1. The van der Waals surface area contributed by atoms with Gasteiger partial charge >= 0.3 is 0 Å². The van der Waals surface area contributed by atoms with Crippen LogP contribution in [-0.4, -0.2) is 23.5 Å². The lowest BCUT2D eigenvalue weighted by Crippen LogP contribution is -2.38. The van der Waals surface area contributed by atoms with Gasteiger partial charge in [0.2, 0.25) is 0 Å². The fourth-order valence-corrected chi connectivity index (χ4v) is 5.16. The molecular formula is C15H22N2S2. The van der Waals surface area contributed by atoms with E-state index >= 15 is 0 Å². The molecule has 2 nitrogen and oxygen atoms in total. The zero-order valence-electron chi connectivity index (χ0n) is 11.5. The van der Waals surface area contributed by atoms with Crippen molar-refractivity contribution in [3.8, 4) is 0 Å². The maximum absolute atomic E-state index is 4.81. The smallest absolute Gasteiger partial charge is 0.156 e. The highest BCUT2D eigenvalue weighted by Crippen LogP contribution is 2.43. The second-order valence-electron chi connectivity index (χ2n) is 5.95. The van der Waals surface area contributed by atoms with Crippen LogP contribution in [0.15, 0.2) is 22.5 Å². The van der Waals surface area contributed by atoms with E-state index in [-0.39, 0.29) is 0 Å². The zero-order valence-corrected chi connectivity index (χ0v) is 13.2. The molecule has 0 aromatic carbocycles. The lowest BCUT2D eigenvalue weighted by Gasteiger charge is -2.31. The number of thiophene rings is 1. The Morgan fingerprint density at radius 3 is 2.89 bits per heavy atom. The number of hydrogen-bond acceptors (Lipinski definition) is 4. The van der Waals surface area contributed by atoms with Gasteiger partial charge in [0.1, 0.15) is 0 Å². The van der Waals surface area contributed by atoms with Crippen molar-refractivity contribution in [2.75, 3.05) is 12.3 Å². The van der Waals surface area contributed by atoms with Gasteiger partial charge in [-0.2, -0.15) is 0 Å². The van der Waals surface area contributed by atoms with Gasteiger partial charge in [0.05, 0.1) is 0 Å². The van der Waals surface area contributed by atoms with Crippen molar-refractivity contribution >= 4 is 28.3 Å². The van der Waals surface area contributed by atoms with E-state index in [1.54, 1.807) is 0 Å². The number of hydrogen-bond donors (Lipinski definition) is 1. The van der Waals surface area contributed by atoms with Gasteiger partial charge in [-0.05, 0) is 36.6 Å². The number of nitrogens with zero attached hydrogens (tertiary/aromatic N) is 1. The van der Waals surface area contributed by atoms with E-state index in [0.717, 1.165) is 13.0 Å². The van der Waals surface area contributed by atoms with Crippen LogP contribution in [0.25, 0.3) is 0 Å². The largest absolute Gasteiger partial charge is 0.362 e. The van der Waals surface area contributed by atoms with Gasteiger partial charge in [0, 0.05) is 29.6 Å². The van der Waals surface area contributed by atoms with Gasteiger partial charge in [-0.15, -0.1) is 11.3 Å². The first-order chi connectivity index (χ1) is 9.26. The molecule has 3 rings (SSSR count). The number of nitrogens with one attached hydrogen (secondary N) is 1. The fraction of sp³-hybridized carbons (Fsp3) is 0.667. The highest BCUT2D eigenvalue weighted by atomic mass is 32.2. The molecule has 0 bridgehead atoms. The maximum Gasteiger partial charge on any atom is 0.156 e. The fourth-order valence-electron chi connectivity index (χ4n) is 3.06. The molecule has 0 saturated heterocycles. The average molecular weight is 294 g/mol. The predicted octanol–water partition coefficient (Wildman–Crippen LogP) is 3.93. The summed E-state index contributed by atoms with van der Waals surface area (Å²) in [4.78, 5) is 6.26. The van der Waals surface area contributed by atoms with E-state index in [9.17, 15) is 0 Å². The SMILES string of the molecule is CC(Cc1cccs1)NC1=NCC2(CCCC2)CS1. The van der Waals surface area contributed by atoms with E-state index < -0.39 is 0 Å². The second kappa shape index (κ2) is 5.88. The van der Waals surface area contributed by atoms with Crippen LogP contribution in [0.1, 0.15) is 37.5 Å². The molecule has 1 spiro atoms. The Labute approximate surface area is 124 Å². The van der Waals surface area contributed by atoms with Crippen LogP contribution in [0, 0.1) is 5.41 Å². The third-order valence-corrected chi connectivity index (χ3v) is 6.37. The van der Waals surface area contributed by atoms with Crippen molar-refractivity contribution in [1.82, 2.24) is 5.32 Å². The first-order valence-corrected chi connectivity index (χ1v) is 9.09. The van der Waals surface area contributed by atoms with Gasteiger partial charge in [0.15, 0.2) is 5.17 Å². The van der Waals surface area contributed by atoms with Crippen LogP contribution < -0.4 is 5.32 Å². The van der Waals surface area contributed by atoms with E-state index in [1.165, 1.54) is 41.5 Å². The Morgan fingerprint density at radius 2 is 2.26 bits per heavy atom. The number of thioether (sulfide) groups is 1. The van der Waals surface area contributed by atoms with Crippen LogP contribution in [0.4, 0.5) is 0 Å². The first kappa shape index (κ1) is 13.5. The molecule has 4 heteroatoms. The topological polar surface area (TPSA) is 24.4 Å². The maximum atomic E-state index is 4.81. The molecule has 1 aromatic rings. The molecular weight excluding hydrogens is 272 g/mol. The summed E-state index contributed by atoms with van der Waals surface area (Å²) >= 11 is 3.78. The Kier molecular flexibility index (Phi) is 4.18. The van der Waals surface area contributed by atoms with Gasteiger partial charge in [0.25, 0.3) is 0 Å². The monoisotopic (exact) mass is 294 g/mol. The summed E-state index contributed by atoms with van der Waals surface area (Å²) in [5.41, 5.74) is 0.548. The zero-order chi connectivity index (χ0) is 13.1. The summed E-state index contributed by atoms with van der Waals surface area (Å²) in [6.45, 7) is 3.30. The Bertz CT molecular complexity index is 433.